The van der Waals surface area contributed by atoms with Crippen LogP contribution in [-0.4, -0.2) is 45.1 Å². The molecule has 0 bridgehead atoms. The molecule has 0 radical (unpaired) electrons. The van der Waals surface area contributed by atoms with Crippen LogP contribution in [0.5, 0.6) is 0 Å². The minimum Gasteiger partial charge on any atom is -0.396 e. The van der Waals surface area contributed by atoms with Gasteiger partial charge in [0.15, 0.2) is 11.2 Å². The summed E-state index contributed by atoms with van der Waals surface area (Å²) in [6.07, 6.45) is 1.24. The maximum atomic E-state index is 13.0. The highest BCUT2D eigenvalue weighted by Gasteiger charge is 2.25. The van der Waals surface area contributed by atoms with Crippen LogP contribution in [0.1, 0.15) is 17.5 Å². The number of aromatic nitrogens is 4. The quantitative estimate of drug-likeness (QED) is 0.618. The maximum Gasteiger partial charge on any atom is 0.332 e. The van der Waals surface area contributed by atoms with Crippen LogP contribution in [0.25, 0.3) is 11.2 Å². The van der Waals surface area contributed by atoms with Crippen LogP contribution in [0.2, 0.25) is 0 Å². The van der Waals surface area contributed by atoms with Crippen LogP contribution < -0.4 is 11.2 Å². The number of hydrogen-bond acceptors (Lipinski definition) is 6. The average Bonchev–Trinajstić information content (AvgIpc) is 3.02. The summed E-state index contributed by atoms with van der Waals surface area (Å²) < 4.78 is 28.1. The molecule has 2 aromatic heterocycles. The van der Waals surface area contributed by atoms with Gasteiger partial charge >= 0.3 is 5.69 Å². The predicted molar refractivity (Wildman–Crippen MR) is 104 cm³/mol. The molecule has 1 aromatic carbocycles. The van der Waals surface area contributed by atoms with Crippen molar-refractivity contribution in [3.63, 3.8) is 0 Å². The number of benzene rings is 1. The van der Waals surface area contributed by atoms with E-state index < -0.39 is 21.1 Å². The summed E-state index contributed by atoms with van der Waals surface area (Å²) in [5.41, 5.74) is 0.678. The number of fused-ring (bicyclic) bond motifs is 1. The lowest BCUT2D eigenvalue weighted by Gasteiger charge is -2.10. The van der Waals surface area contributed by atoms with Crippen molar-refractivity contribution in [1.82, 2.24) is 18.7 Å². The van der Waals surface area contributed by atoms with E-state index in [1.54, 1.807) is 0 Å². The van der Waals surface area contributed by atoms with Gasteiger partial charge in [-0.15, -0.1) is 0 Å². The lowest BCUT2D eigenvalue weighted by Crippen LogP contribution is -2.40. The average molecular weight is 406 g/mol. The number of hydrogen-bond donors (Lipinski definition) is 1. The van der Waals surface area contributed by atoms with Gasteiger partial charge in [-0.3, -0.25) is 13.9 Å². The van der Waals surface area contributed by atoms with Crippen LogP contribution in [0.4, 0.5) is 0 Å². The topological polar surface area (TPSA) is 116 Å². The zero-order valence-corrected chi connectivity index (χ0v) is 16.7. The minimum atomic E-state index is -3.75. The Morgan fingerprint density at radius 2 is 1.75 bits per heavy atom. The number of aryl methyl sites for hydroxylation is 2. The zero-order valence-electron chi connectivity index (χ0n) is 15.9. The Labute approximate surface area is 161 Å². The van der Waals surface area contributed by atoms with Gasteiger partial charge < -0.3 is 9.67 Å². The third-order valence-electron chi connectivity index (χ3n) is 4.53. The molecule has 9 nitrogen and oxygen atoms in total. The Morgan fingerprint density at radius 1 is 1.11 bits per heavy atom. The lowest BCUT2D eigenvalue weighted by atomic mass is 10.1. The Bertz CT molecular complexity index is 1250. The van der Waals surface area contributed by atoms with Gasteiger partial charge in [-0.1, -0.05) is 29.8 Å². The molecule has 150 valence electrons. The van der Waals surface area contributed by atoms with E-state index >= 15 is 0 Å². The molecule has 3 aromatic rings. The molecule has 0 aliphatic rings. The van der Waals surface area contributed by atoms with E-state index in [-0.39, 0.29) is 42.4 Å². The third-order valence-corrected chi connectivity index (χ3v) is 5.51. The van der Waals surface area contributed by atoms with Gasteiger partial charge in [0.1, 0.15) is 0 Å². The summed E-state index contributed by atoms with van der Waals surface area (Å²) in [4.78, 5) is 29.7. The van der Waals surface area contributed by atoms with Crippen LogP contribution in [0.15, 0.2) is 39.0 Å². The summed E-state index contributed by atoms with van der Waals surface area (Å²) in [5, 5.41) is 8.79. The normalized spacial score (nSPS) is 12.0. The van der Waals surface area contributed by atoms with Crippen LogP contribution in [-0.2, 0) is 30.0 Å². The fraction of sp³-hybridized carbons (Fsp3) is 0.389. The molecule has 2 heterocycles. The summed E-state index contributed by atoms with van der Waals surface area (Å²) in [6.45, 7) is 1.91. The molecule has 0 amide bonds. The van der Waals surface area contributed by atoms with Crippen molar-refractivity contribution in [3.05, 3.63) is 56.2 Å². The maximum absolute atomic E-state index is 13.0. The molecule has 0 spiro atoms. The number of rotatable bonds is 6. The van der Waals surface area contributed by atoms with Gasteiger partial charge in [0.2, 0.25) is 15.0 Å². The molecule has 3 rings (SSSR count). The molecule has 28 heavy (non-hydrogen) atoms. The van der Waals surface area contributed by atoms with Crippen LogP contribution in [0, 0.1) is 6.92 Å². The second kappa shape index (κ2) is 7.36. The predicted octanol–water partition coefficient (Wildman–Crippen LogP) is 0.0393. The third kappa shape index (κ3) is 3.52. The lowest BCUT2D eigenvalue weighted by molar-refractivity contribution is 0.277. The van der Waals surface area contributed by atoms with Gasteiger partial charge in [0.05, 0.1) is 6.54 Å². The molecular weight excluding hydrogens is 384 g/mol. The Balaban J connectivity index is 2.35. The number of sulfone groups is 1. The van der Waals surface area contributed by atoms with Crippen molar-refractivity contribution in [3.8, 4) is 0 Å². The van der Waals surface area contributed by atoms with Gasteiger partial charge in [-0.25, -0.2) is 13.2 Å². The zero-order chi connectivity index (χ0) is 20.6. The van der Waals surface area contributed by atoms with Crippen molar-refractivity contribution < 1.29 is 13.5 Å². The highest BCUT2D eigenvalue weighted by Crippen LogP contribution is 2.18. The number of aliphatic hydroxyl groups is 1. The molecule has 0 saturated heterocycles. The molecular formula is C18H22N4O5S. The van der Waals surface area contributed by atoms with Gasteiger partial charge in [0.25, 0.3) is 5.56 Å². The van der Waals surface area contributed by atoms with E-state index in [0.29, 0.717) is 0 Å². The van der Waals surface area contributed by atoms with Crippen molar-refractivity contribution in [1.29, 1.82) is 0 Å². The Morgan fingerprint density at radius 3 is 2.32 bits per heavy atom. The molecule has 1 N–H and O–H groups in total. The van der Waals surface area contributed by atoms with Gasteiger partial charge in [-0.05, 0) is 18.9 Å². The number of imidazole rings is 1. The molecule has 0 saturated carbocycles. The summed E-state index contributed by atoms with van der Waals surface area (Å²) >= 11 is 0. The summed E-state index contributed by atoms with van der Waals surface area (Å²) in [5.74, 6) is 0. The molecule has 0 fully saturated rings. The minimum absolute atomic E-state index is 0.0165. The monoisotopic (exact) mass is 406 g/mol. The highest BCUT2D eigenvalue weighted by atomic mass is 32.2. The molecule has 0 aliphatic carbocycles. The van der Waals surface area contributed by atoms with E-state index in [0.717, 1.165) is 26.5 Å². The highest BCUT2D eigenvalue weighted by molar-refractivity contribution is 7.90. The van der Waals surface area contributed by atoms with E-state index in [1.807, 2.05) is 31.2 Å². The molecule has 0 unspecified atom stereocenters. The first-order valence-corrected chi connectivity index (χ1v) is 10.6. The van der Waals surface area contributed by atoms with Crippen molar-refractivity contribution >= 4 is 21.0 Å². The Hall–Kier alpha value is -2.72. The SMILES string of the molecule is Cc1ccc(Cn2c(S(C)(=O)=O)nc3c2c(=O)n(CCCO)c(=O)n3C)cc1. The Kier molecular flexibility index (Phi) is 5.26. The van der Waals surface area contributed by atoms with E-state index in [4.69, 9.17) is 5.11 Å². The van der Waals surface area contributed by atoms with E-state index in [9.17, 15) is 18.0 Å². The number of aliphatic hydroxyl groups excluding tert-OH is 1. The van der Waals surface area contributed by atoms with Crippen LogP contribution >= 0.6 is 0 Å². The second-order valence-corrected chi connectivity index (χ2v) is 8.70. The molecule has 0 aliphatic heterocycles. The van der Waals surface area contributed by atoms with Crippen LogP contribution in [0.3, 0.4) is 0 Å². The van der Waals surface area contributed by atoms with E-state index in [2.05, 4.69) is 4.98 Å². The second-order valence-electron chi connectivity index (χ2n) is 6.79. The largest absolute Gasteiger partial charge is 0.396 e. The first kappa shape index (κ1) is 20.0. The fourth-order valence-electron chi connectivity index (χ4n) is 3.08. The summed E-state index contributed by atoms with van der Waals surface area (Å²) in [6, 6.07) is 7.48. The van der Waals surface area contributed by atoms with E-state index in [1.165, 1.54) is 11.6 Å². The standard InChI is InChI=1S/C18H22N4O5S/c1-12-5-7-13(8-6-12)11-22-14-15(19-17(22)28(3,26)27)20(2)18(25)21(16(14)24)9-4-10-23/h5-8,23H,4,9-11H2,1-3H3. The molecule has 10 heteroatoms. The first-order valence-electron chi connectivity index (χ1n) is 8.71. The van der Waals surface area contributed by atoms with Crippen molar-refractivity contribution in [2.75, 3.05) is 12.9 Å². The smallest absolute Gasteiger partial charge is 0.332 e. The first-order chi connectivity index (χ1) is 13.1. The van der Waals surface area contributed by atoms with Crippen molar-refractivity contribution in [2.45, 2.75) is 31.6 Å². The molecule has 0 atom stereocenters. The fourth-order valence-corrected chi connectivity index (χ4v) is 3.89. The van der Waals surface area contributed by atoms with Gasteiger partial charge in [0, 0.05) is 26.5 Å². The summed E-state index contributed by atoms with van der Waals surface area (Å²) in [7, 11) is -2.31. The van der Waals surface area contributed by atoms with Crippen molar-refractivity contribution in [2.24, 2.45) is 7.05 Å². The van der Waals surface area contributed by atoms with Gasteiger partial charge in [-0.2, -0.15) is 4.98 Å². The number of nitrogens with zero attached hydrogens (tertiary/aromatic N) is 4.